The van der Waals surface area contributed by atoms with Crippen LogP contribution >= 0.6 is 0 Å². The first kappa shape index (κ1) is 22.6. The molecule has 0 spiro atoms. The Hall–Kier alpha value is -4.20. The number of anilines is 1. The minimum Gasteiger partial charge on any atom is -0.508 e. The lowest BCUT2D eigenvalue weighted by Crippen LogP contribution is -2.26. The number of hydrogen-bond donors (Lipinski definition) is 3. The maximum Gasteiger partial charge on any atom is 0.262 e. The minimum atomic E-state index is -0.386. The number of likely N-dealkylation sites (N-methyl/N-ethyl adjacent to an activating group) is 1. The topological polar surface area (TPSA) is 102 Å². The predicted molar refractivity (Wildman–Crippen MR) is 130 cm³/mol. The lowest BCUT2D eigenvalue weighted by atomic mass is 10.1. The van der Waals surface area contributed by atoms with Crippen LogP contribution in [0, 0.1) is 0 Å². The zero-order valence-electron chi connectivity index (χ0n) is 19.4. The van der Waals surface area contributed by atoms with Crippen LogP contribution in [0.15, 0.2) is 60.7 Å². The van der Waals surface area contributed by atoms with Crippen LogP contribution in [0.25, 0.3) is 0 Å². The van der Waals surface area contributed by atoms with Gasteiger partial charge in [-0.15, -0.1) is 0 Å². The molecule has 2 aliphatic heterocycles. The van der Waals surface area contributed by atoms with Crippen molar-refractivity contribution < 1.29 is 24.5 Å². The van der Waals surface area contributed by atoms with Crippen LogP contribution in [0.2, 0.25) is 0 Å². The molecule has 180 valence electrons. The monoisotopic (exact) mass is 473 g/mol. The summed E-state index contributed by atoms with van der Waals surface area (Å²) in [6.45, 7) is 1.55. The molecule has 0 aliphatic carbocycles. The fraction of sp³-hybridized carbons (Fsp3) is 0.259. The van der Waals surface area contributed by atoms with Gasteiger partial charge in [0.05, 0.1) is 6.04 Å². The summed E-state index contributed by atoms with van der Waals surface area (Å²) in [6, 6.07) is 17.8. The third-order valence-corrected chi connectivity index (χ3v) is 6.49. The van der Waals surface area contributed by atoms with Gasteiger partial charge in [-0.05, 0) is 22.8 Å². The average Bonchev–Trinajstić information content (AvgIpc) is 3.41. The molecule has 3 aromatic carbocycles. The van der Waals surface area contributed by atoms with Gasteiger partial charge in [0.25, 0.3) is 5.91 Å². The Bertz CT molecular complexity index is 1280. The van der Waals surface area contributed by atoms with Crippen LogP contribution in [-0.4, -0.2) is 51.5 Å². The summed E-state index contributed by atoms with van der Waals surface area (Å²) in [6.07, 6.45) is 0.437. The fourth-order valence-corrected chi connectivity index (χ4v) is 4.69. The quantitative estimate of drug-likeness (QED) is 0.507. The predicted octanol–water partition coefficient (Wildman–Crippen LogP) is 3.48. The summed E-state index contributed by atoms with van der Waals surface area (Å²) in [5, 5.41) is 24.1. The lowest BCUT2D eigenvalue weighted by Gasteiger charge is -2.20. The fourth-order valence-electron chi connectivity index (χ4n) is 4.69. The number of amides is 2. The third-order valence-electron chi connectivity index (χ3n) is 6.49. The SMILES string of the molecule is CN1CC(Nc2cccc3c2CN(C(=O)c2c(O)cc(O)cc2OCc2ccccc2)C3)CC1=O. The highest BCUT2D eigenvalue weighted by Crippen LogP contribution is 2.37. The molecule has 2 amide bonds. The molecular weight excluding hydrogens is 446 g/mol. The number of likely N-dealkylation sites (tertiary alicyclic amines) is 1. The molecule has 0 saturated carbocycles. The number of rotatable bonds is 6. The molecule has 0 bridgehead atoms. The van der Waals surface area contributed by atoms with E-state index in [9.17, 15) is 19.8 Å². The number of hydrogen-bond acceptors (Lipinski definition) is 6. The maximum absolute atomic E-state index is 13.6. The molecule has 1 saturated heterocycles. The molecule has 0 radical (unpaired) electrons. The normalized spacial score (nSPS) is 16.9. The van der Waals surface area contributed by atoms with Gasteiger partial charge in [-0.25, -0.2) is 0 Å². The second-order valence-corrected chi connectivity index (χ2v) is 9.04. The van der Waals surface area contributed by atoms with Gasteiger partial charge in [-0.1, -0.05) is 42.5 Å². The summed E-state index contributed by atoms with van der Waals surface area (Å²) in [7, 11) is 1.79. The van der Waals surface area contributed by atoms with E-state index in [1.165, 1.54) is 6.07 Å². The largest absolute Gasteiger partial charge is 0.508 e. The Morgan fingerprint density at radius 2 is 1.89 bits per heavy atom. The number of nitrogens with zero attached hydrogens (tertiary/aromatic N) is 2. The van der Waals surface area contributed by atoms with Gasteiger partial charge >= 0.3 is 0 Å². The van der Waals surface area contributed by atoms with Crippen molar-refractivity contribution in [2.75, 3.05) is 18.9 Å². The molecular formula is C27H27N3O5. The van der Waals surface area contributed by atoms with Gasteiger partial charge in [-0.3, -0.25) is 9.59 Å². The van der Waals surface area contributed by atoms with Gasteiger partial charge in [0, 0.05) is 50.9 Å². The number of carbonyl (C=O) groups is 2. The lowest BCUT2D eigenvalue weighted by molar-refractivity contribution is -0.126. The Balaban J connectivity index is 1.36. The van der Waals surface area contributed by atoms with Crippen LogP contribution in [0.3, 0.4) is 0 Å². The van der Waals surface area contributed by atoms with E-state index in [4.69, 9.17) is 4.74 Å². The summed E-state index contributed by atoms with van der Waals surface area (Å²) in [4.78, 5) is 28.8. The third kappa shape index (κ3) is 4.59. The Morgan fingerprint density at radius 3 is 2.63 bits per heavy atom. The van der Waals surface area contributed by atoms with E-state index in [2.05, 4.69) is 5.32 Å². The molecule has 0 aromatic heterocycles. The van der Waals surface area contributed by atoms with E-state index >= 15 is 0 Å². The smallest absolute Gasteiger partial charge is 0.262 e. The van der Waals surface area contributed by atoms with Crippen LogP contribution in [0.4, 0.5) is 5.69 Å². The van der Waals surface area contributed by atoms with Gasteiger partial charge in [0.15, 0.2) is 0 Å². The highest BCUT2D eigenvalue weighted by Gasteiger charge is 2.32. The van der Waals surface area contributed by atoms with E-state index in [1.54, 1.807) is 16.8 Å². The van der Waals surface area contributed by atoms with E-state index in [1.807, 2.05) is 48.5 Å². The standard InChI is InChI=1S/C27H27N3O5/c1-29-14-19(10-25(29)33)28-22-9-5-8-18-13-30(15-21(18)22)27(34)26-23(32)11-20(31)12-24(26)35-16-17-6-3-2-4-7-17/h2-9,11-12,19,28,31-32H,10,13-16H2,1H3. The van der Waals surface area contributed by atoms with Crippen molar-refractivity contribution in [2.45, 2.75) is 32.2 Å². The number of benzene rings is 3. The molecule has 2 aliphatic rings. The summed E-state index contributed by atoms with van der Waals surface area (Å²) < 4.78 is 5.86. The van der Waals surface area contributed by atoms with Gasteiger partial charge < -0.3 is 30.1 Å². The van der Waals surface area contributed by atoms with Gasteiger partial charge in [0.2, 0.25) is 5.91 Å². The number of phenolic OH excluding ortho intramolecular Hbond substituents is 2. The zero-order valence-corrected chi connectivity index (χ0v) is 19.4. The molecule has 5 rings (SSSR count). The summed E-state index contributed by atoms with van der Waals surface area (Å²) in [5.41, 5.74) is 3.82. The number of ether oxygens (including phenoxy) is 1. The number of phenols is 2. The zero-order chi connectivity index (χ0) is 24.5. The van der Waals surface area contributed by atoms with Crippen molar-refractivity contribution in [3.63, 3.8) is 0 Å². The molecule has 35 heavy (non-hydrogen) atoms. The molecule has 1 atom stereocenters. The molecule has 2 heterocycles. The maximum atomic E-state index is 13.6. The molecule has 8 nitrogen and oxygen atoms in total. The number of carbonyl (C=O) groups excluding carboxylic acids is 2. The average molecular weight is 474 g/mol. The first-order valence-corrected chi connectivity index (χ1v) is 11.5. The highest BCUT2D eigenvalue weighted by atomic mass is 16.5. The second kappa shape index (κ2) is 9.21. The number of nitrogens with one attached hydrogen (secondary N) is 1. The Kier molecular flexibility index (Phi) is 5.94. The van der Waals surface area contributed by atoms with E-state index < -0.39 is 0 Å². The Labute approximate surface area is 203 Å². The second-order valence-electron chi connectivity index (χ2n) is 9.04. The van der Waals surface area contributed by atoms with Gasteiger partial charge in [-0.2, -0.15) is 0 Å². The number of aromatic hydroxyl groups is 2. The number of fused-ring (bicyclic) bond motifs is 1. The summed E-state index contributed by atoms with van der Waals surface area (Å²) >= 11 is 0. The van der Waals surface area contributed by atoms with Crippen molar-refractivity contribution >= 4 is 17.5 Å². The highest BCUT2D eigenvalue weighted by molar-refractivity contribution is 6.00. The van der Waals surface area contributed by atoms with Crippen molar-refractivity contribution in [1.29, 1.82) is 0 Å². The molecule has 1 unspecified atom stereocenters. The van der Waals surface area contributed by atoms with Crippen molar-refractivity contribution in [3.05, 3.63) is 82.9 Å². The van der Waals surface area contributed by atoms with Crippen LogP contribution < -0.4 is 10.1 Å². The Morgan fingerprint density at radius 1 is 1.09 bits per heavy atom. The van der Waals surface area contributed by atoms with E-state index in [0.717, 1.165) is 28.4 Å². The van der Waals surface area contributed by atoms with Gasteiger partial charge in [0.1, 0.15) is 29.4 Å². The molecule has 3 aromatic rings. The first-order chi connectivity index (χ1) is 16.9. The van der Waals surface area contributed by atoms with Crippen molar-refractivity contribution in [1.82, 2.24) is 9.80 Å². The van der Waals surface area contributed by atoms with Crippen LogP contribution in [0.5, 0.6) is 17.2 Å². The molecule has 3 N–H and O–H groups in total. The van der Waals surface area contributed by atoms with E-state index in [-0.39, 0.29) is 47.3 Å². The first-order valence-electron chi connectivity index (χ1n) is 11.5. The molecule has 1 fully saturated rings. The minimum absolute atomic E-state index is 0.0166. The van der Waals surface area contributed by atoms with Crippen LogP contribution in [-0.2, 0) is 24.5 Å². The van der Waals surface area contributed by atoms with Crippen molar-refractivity contribution in [3.8, 4) is 17.2 Å². The molecule has 8 heteroatoms. The van der Waals surface area contributed by atoms with Crippen LogP contribution in [0.1, 0.15) is 33.5 Å². The van der Waals surface area contributed by atoms with E-state index in [0.29, 0.717) is 26.1 Å². The summed E-state index contributed by atoms with van der Waals surface area (Å²) in [5.74, 6) is -0.673. The van der Waals surface area contributed by atoms with Crippen molar-refractivity contribution in [2.24, 2.45) is 0 Å².